The van der Waals surface area contributed by atoms with Gasteiger partial charge in [0.15, 0.2) is 12.4 Å². The maximum Gasteiger partial charge on any atom is 0.262 e. The van der Waals surface area contributed by atoms with Crippen LogP contribution in [0.4, 0.5) is 5.69 Å². The van der Waals surface area contributed by atoms with Gasteiger partial charge in [0.05, 0.1) is 17.1 Å². The molecule has 0 radical (unpaired) electrons. The van der Waals surface area contributed by atoms with Gasteiger partial charge in [0.25, 0.3) is 11.8 Å². The third-order valence-corrected chi connectivity index (χ3v) is 3.95. The predicted molar refractivity (Wildman–Crippen MR) is 82.5 cm³/mol. The number of Topliss-reactive ketones (excluding diaryl/α,β-unsaturated/α-hetero) is 1. The van der Waals surface area contributed by atoms with E-state index >= 15 is 0 Å². The molecule has 1 atom stereocenters. The molecule has 1 aromatic rings. The second-order valence-electron chi connectivity index (χ2n) is 5.24. The van der Waals surface area contributed by atoms with Crippen LogP contribution < -0.4 is 15.4 Å². The van der Waals surface area contributed by atoms with Gasteiger partial charge in [0.1, 0.15) is 5.75 Å². The standard InChI is InChI=1S/C15H17ClN2O4/c1-3-15(2,12(19)7-16)18-14(21)9-4-5-11-10(6-9)17-13(20)8-22-11/h4-6H,3,7-8H2,1-2H3,(H,17,20)(H,18,21). The molecule has 0 saturated heterocycles. The van der Waals surface area contributed by atoms with Crippen LogP contribution in [0.1, 0.15) is 30.6 Å². The highest BCUT2D eigenvalue weighted by atomic mass is 35.5. The van der Waals surface area contributed by atoms with E-state index in [1.807, 2.05) is 0 Å². The number of ether oxygens (including phenoxy) is 1. The van der Waals surface area contributed by atoms with Crippen molar-refractivity contribution in [2.24, 2.45) is 0 Å². The van der Waals surface area contributed by atoms with Crippen molar-refractivity contribution in [3.63, 3.8) is 0 Å². The largest absolute Gasteiger partial charge is 0.482 e. The van der Waals surface area contributed by atoms with E-state index in [1.54, 1.807) is 26.0 Å². The molecule has 2 rings (SSSR count). The number of hydrogen-bond acceptors (Lipinski definition) is 4. The minimum Gasteiger partial charge on any atom is -0.482 e. The Hall–Kier alpha value is -2.08. The summed E-state index contributed by atoms with van der Waals surface area (Å²) in [5, 5.41) is 5.34. The molecular weight excluding hydrogens is 308 g/mol. The summed E-state index contributed by atoms with van der Waals surface area (Å²) in [5.74, 6) is -0.601. The average Bonchev–Trinajstić information content (AvgIpc) is 2.52. The van der Waals surface area contributed by atoms with Gasteiger partial charge in [-0.3, -0.25) is 14.4 Å². The third-order valence-electron chi connectivity index (χ3n) is 3.71. The summed E-state index contributed by atoms with van der Waals surface area (Å²) in [6.45, 7) is 3.39. The van der Waals surface area contributed by atoms with Crippen molar-refractivity contribution >= 4 is 34.9 Å². The van der Waals surface area contributed by atoms with E-state index in [0.717, 1.165) is 0 Å². The number of rotatable bonds is 5. The highest BCUT2D eigenvalue weighted by molar-refractivity contribution is 6.29. The molecule has 7 heteroatoms. The highest BCUT2D eigenvalue weighted by Gasteiger charge is 2.32. The van der Waals surface area contributed by atoms with Crippen LogP contribution in [-0.4, -0.2) is 35.6 Å². The van der Waals surface area contributed by atoms with Gasteiger partial charge in [-0.1, -0.05) is 6.92 Å². The fraction of sp³-hybridized carbons (Fsp3) is 0.400. The fourth-order valence-electron chi connectivity index (χ4n) is 2.05. The van der Waals surface area contributed by atoms with Gasteiger partial charge < -0.3 is 15.4 Å². The lowest BCUT2D eigenvalue weighted by Crippen LogP contribution is -2.52. The Kier molecular flexibility index (Phi) is 4.71. The molecule has 2 amide bonds. The lowest BCUT2D eigenvalue weighted by atomic mass is 9.93. The van der Waals surface area contributed by atoms with E-state index in [9.17, 15) is 14.4 Å². The third kappa shape index (κ3) is 3.22. The van der Waals surface area contributed by atoms with Crippen LogP contribution >= 0.6 is 11.6 Å². The normalized spacial score (nSPS) is 15.9. The molecule has 6 nitrogen and oxygen atoms in total. The summed E-state index contributed by atoms with van der Waals surface area (Å²) >= 11 is 5.59. The molecule has 1 heterocycles. The van der Waals surface area contributed by atoms with Crippen molar-refractivity contribution in [2.45, 2.75) is 25.8 Å². The van der Waals surface area contributed by atoms with Crippen LogP contribution in [0.3, 0.4) is 0 Å². The molecule has 0 bridgehead atoms. The minimum atomic E-state index is -1.02. The van der Waals surface area contributed by atoms with E-state index in [2.05, 4.69) is 10.6 Å². The number of halogens is 1. The first-order valence-electron chi connectivity index (χ1n) is 6.88. The van der Waals surface area contributed by atoms with Crippen molar-refractivity contribution < 1.29 is 19.1 Å². The van der Waals surface area contributed by atoms with Gasteiger partial charge in [-0.2, -0.15) is 0 Å². The lowest BCUT2D eigenvalue weighted by molar-refractivity contribution is -0.122. The molecule has 2 N–H and O–H groups in total. The quantitative estimate of drug-likeness (QED) is 0.808. The molecule has 118 valence electrons. The minimum absolute atomic E-state index is 0.0450. The van der Waals surface area contributed by atoms with Crippen LogP contribution in [0.15, 0.2) is 18.2 Å². The Morgan fingerprint density at radius 3 is 2.82 bits per heavy atom. The summed E-state index contributed by atoms with van der Waals surface area (Å²) in [6, 6.07) is 4.70. The van der Waals surface area contributed by atoms with Gasteiger partial charge in [-0.05, 0) is 31.5 Å². The number of carbonyl (C=O) groups is 3. The molecule has 1 aliphatic heterocycles. The molecule has 1 aliphatic rings. The Morgan fingerprint density at radius 2 is 2.18 bits per heavy atom. The zero-order valence-corrected chi connectivity index (χ0v) is 13.1. The first-order chi connectivity index (χ1) is 10.4. The van der Waals surface area contributed by atoms with Crippen molar-refractivity contribution in [1.29, 1.82) is 0 Å². The van der Waals surface area contributed by atoms with Gasteiger partial charge in [-0.15, -0.1) is 11.6 Å². The first kappa shape index (κ1) is 16.3. The average molecular weight is 325 g/mol. The second kappa shape index (κ2) is 6.36. The predicted octanol–water partition coefficient (Wildman–Crippen LogP) is 1.72. The zero-order valence-electron chi connectivity index (χ0n) is 12.4. The Labute approximate surface area is 133 Å². The molecule has 0 aliphatic carbocycles. The van der Waals surface area contributed by atoms with Gasteiger partial charge in [0, 0.05) is 5.56 Å². The van der Waals surface area contributed by atoms with Crippen molar-refractivity contribution in [1.82, 2.24) is 5.32 Å². The van der Waals surface area contributed by atoms with Gasteiger partial charge >= 0.3 is 0 Å². The van der Waals surface area contributed by atoms with E-state index in [0.29, 0.717) is 23.4 Å². The number of nitrogens with one attached hydrogen (secondary N) is 2. The first-order valence-corrected chi connectivity index (χ1v) is 7.41. The van der Waals surface area contributed by atoms with Crippen molar-refractivity contribution in [3.8, 4) is 5.75 Å². The molecular formula is C15H17ClN2O4. The maximum atomic E-state index is 12.3. The SMILES string of the molecule is CCC(C)(NC(=O)c1ccc2c(c1)NC(=O)CO2)C(=O)CCl. The summed E-state index contributed by atoms with van der Waals surface area (Å²) in [7, 11) is 0. The molecule has 22 heavy (non-hydrogen) atoms. The Morgan fingerprint density at radius 1 is 1.45 bits per heavy atom. The maximum absolute atomic E-state index is 12.3. The van der Waals surface area contributed by atoms with E-state index in [1.165, 1.54) is 6.07 Å². The number of benzene rings is 1. The summed E-state index contributed by atoms with van der Waals surface area (Å²) < 4.78 is 5.23. The van der Waals surface area contributed by atoms with Crippen LogP contribution in [0.2, 0.25) is 0 Å². The topological polar surface area (TPSA) is 84.5 Å². The second-order valence-corrected chi connectivity index (χ2v) is 5.51. The Bertz CT molecular complexity index is 632. The van der Waals surface area contributed by atoms with Crippen LogP contribution in [0.5, 0.6) is 5.75 Å². The van der Waals surface area contributed by atoms with Crippen LogP contribution in [-0.2, 0) is 9.59 Å². The number of fused-ring (bicyclic) bond motifs is 1. The zero-order chi connectivity index (χ0) is 16.3. The number of ketones is 1. The summed E-state index contributed by atoms with van der Waals surface area (Å²) in [4.78, 5) is 35.5. The fourth-order valence-corrected chi connectivity index (χ4v) is 2.34. The van der Waals surface area contributed by atoms with E-state index in [-0.39, 0.29) is 24.2 Å². The van der Waals surface area contributed by atoms with Crippen molar-refractivity contribution in [3.05, 3.63) is 23.8 Å². The van der Waals surface area contributed by atoms with Gasteiger partial charge in [-0.25, -0.2) is 0 Å². The molecule has 0 saturated carbocycles. The molecule has 0 fully saturated rings. The molecule has 1 aromatic carbocycles. The monoisotopic (exact) mass is 324 g/mol. The Balaban J connectivity index is 2.21. The summed E-state index contributed by atoms with van der Waals surface area (Å²) in [6.07, 6.45) is 0.426. The number of amides is 2. The number of hydrogen-bond donors (Lipinski definition) is 2. The van der Waals surface area contributed by atoms with Crippen LogP contribution in [0, 0.1) is 0 Å². The van der Waals surface area contributed by atoms with E-state index < -0.39 is 11.4 Å². The lowest BCUT2D eigenvalue weighted by Gasteiger charge is -2.27. The molecule has 0 aromatic heterocycles. The number of anilines is 1. The molecule has 1 unspecified atom stereocenters. The molecule has 0 spiro atoms. The number of carbonyl (C=O) groups excluding carboxylic acids is 3. The van der Waals surface area contributed by atoms with Gasteiger partial charge in [0.2, 0.25) is 0 Å². The van der Waals surface area contributed by atoms with Crippen molar-refractivity contribution in [2.75, 3.05) is 17.8 Å². The summed E-state index contributed by atoms with van der Waals surface area (Å²) in [5.41, 5.74) is -0.258. The van der Waals surface area contributed by atoms with E-state index in [4.69, 9.17) is 16.3 Å². The highest BCUT2D eigenvalue weighted by Crippen LogP contribution is 2.28. The smallest absolute Gasteiger partial charge is 0.262 e. The van der Waals surface area contributed by atoms with Crippen LogP contribution in [0.25, 0.3) is 0 Å². The number of alkyl halides is 1.